The van der Waals surface area contributed by atoms with Crippen LogP contribution in [0.15, 0.2) is 48.5 Å². The van der Waals surface area contributed by atoms with Gasteiger partial charge in [0.15, 0.2) is 6.04 Å². The zero-order chi connectivity index (χ0) is 19.2. The number of rotatable bonds is 6. The maximum absolute atomic E-state index is 12.6. The highest BCUT2D eigenvalue weighted by atomic mass is 35.5. The number of nitrogens with one attached hydrogen (secondary N) is 2. The van der Waals surface area contributed by atoms with E-state index in [4.69, 9.17) is 16.3 Å². The highest BCUT2D eigenvalue weighted by Gasteiger charge is 2.22. The Balaban J connectivity index is 1.55. The molecule has 1 unspecified atom stereocenters. The van der Waals surface area contributed by atoms with Gasteiger partial charge in [0, 0.05) is 35.1 Å². The number of hydrogen-bond donors (Lipinski definition) is 2. The predicted molar refractivity (Wildman–Crippen MR) is 110 cm³/mol. The predicted octanol–water partition coefficient (Wildman–Crippen LogP) is 2.22. The Kier molecular flexibility index (Phi) is 6.72. The van der Waals surface area contributed by atoms with Crippen molar-refractivity contribution >= 4 is 28.9 Å². The summed E-state index contributed by atoms with van der Waals surface area (Å²) >= 11 is 6.05. The standard InChI is InChI=1S/C21H26ClN3O2/c1-16(24(2)15-17-4-3-5-18(22)14-17)21(26)23-19-6-8-20(9-7-19)25-10-12-27-13-11-25/h3-9,14,16H,10-13,15H2,1-2H3,(H,23,26)/p+1/t16-/m1/s1. The maximum Gasteiger partial charge on any atom is 0.282 e. The smallest absolute Gasteiger partial charge is 0.282 e. The van der Waals surface area contributed by atoms with Crippen LogP contribution in [0.1, 0.15) is 12.5 Å². The fourth-order valence-corrected chi connectivity index (χ4v) is 3.39. The van der Waals surface area contributed by atoms with E-state index in [2.05, 4.69) is 10.2 Å². The maximum atomic E-state index is 12.6. The minimum Gasteiger partial charge on any atom is -0.378 e. The largest absolute Gasteiger partial charge is 0.378 e. The third kappa shape index (κ3) is 5.45. The van der Waals surface area contributed by atoms with Crippen LogP contribution < -0.4 is 15.1 Å². The van der Waals surface area contributed by atoms with Crippen molar-refractivity contribution in [2.24, 2.45) is 0 Å². The number of hydrogen-bond acceptors (Lipinski definition) is 3. The summed E-state index contributed by atoms with van der Waals surface area (Å²) in [6.07, 6.45) is 0. The molecule has 0 aliphatic carbocycles. The molecule has 0 aromatic heterocycles. The van der Waals surface area contributed by atoms with Gasteiger partial charge in [0.1, 0.15) is 6.54 Å². The first kappa shape index (κ1) is 19.7. The first-order valence-corrected chi connectivity index (χ1v) is 9.71. The number of nitrogens with zero attached hydrogens (tertiary/aromatic N) is 1. The summed E-state index contributed by atoms with van der Waals surface area (Å²) in [5.41, 5.74) is 3.10. The number of halogens is 1. The van der Waals surface area contributed by atoms with Crippen molar-refractivity contribution in [3.05, 3.63) is 59.1 Å². The highest BCUT2D eigenvalue weighted by molar-refractivity contribution is 6.30. The molecule has 1 aliphatic heterocycles. The lowest BCUT2D eigenvalue weighted by atomic mass is 10.2. The Morgan fingerprint density at radius 2 is 1.93 bits per heavy atom. The first-order valence-electron chi connectivity index (χ1n) is 9.33. The average Bonchev–Trinajstić information content (AvgIpc) is 2.68. The van der Waals surface area contributed by atoms with E-state index in [9.17, 15) is 4.79 Å². The van der Waals surface area contributed by atoms with Gasteiger partial charge in [-0.3, -0.25) is 4.79 Å². The van der Waals surface area contributed by atoms with Gasteiger partial charge in [0.25, 0.3) is 5.91 Å². The molecule has 6 heteroatoms. The van der Waals surface area contributed by atoms with Gasteiger partial charge in [-0.05, 0) is 43.3 Å². The quantitative estimate of drug-likeness (QED) is 0.797. The SMILES string of the molecule is C[C@H](C(=O)Nc1ccc(N2CCOCC2)cc1)[NH+](C)Cc1cccc(Cl)c1. The number of likely N-dealkylation sites (N-methyl/N-ethyl adjacent to an activating group) is 1. The molecule has 2 atom stereocenters. The summed E-state index contributed by atoms with van der Waals surface area (Å²) in [6, 6.07) is 15.6. The van der Waals surface area contributed by atoms with E-state index in [0.717, 1.165) is 59.7 Å². The molecule has 0 spiro atoms. The van der Waals surface area contributed by atoms with Crippen LogP contribution in [0, 0.1) is 0 Å². The van der Waals surface area contributed by atoms with E-state index >= 15 is 0 Å². The topological polar surface area (TPSA) is 46.0 Å². The van der Waals surface area contributed by atoms with Crippen LogP contribution in [0.3, 0.4) is 0 Å². The number of quaternary nitrogens is 1. The molecule has 27 heavy (non-hydrogen) atoms. The highest BCUT2D eigenvalue weighted by Crippen LogP contribution is 2.19. The number of amides is 1. The van der Waals surface area contributed by atoms with E-state index in [1.54, 1.807) is 0 Å². The molecule has 2 aromatic carbocycles. The number of benzene rings is 2. The van der Waals surface area contributed by atoms with Crippen molar-refractivity contribution in [2.75, 3.05) is 43.6 Å². The molecular weight excluding hydrogens is 362 g/mol. The monoisotopic (exact) mass is 388 g/mol. The van der Waals surface area contributed by atoms with Crippen molar-refractivity contribution < 1.29 is 14.4 Å². The summed E-state index contributed by atoms with van der Waals surface area (Å²) < 4.78 is 5.39. The van der Waals surface area contributed by atoms with E-state index < -0.39 is 0 Å². The fraction of sp³-hybridized carbons (Fsp3) is 0.381. The number of carbonyl (C=O) groups excluding carboxylic acids is 1. The van der Waals surface area contributed by atoms with Crippen LogP contribution in [0.4, 0.5) is 11.4 Å². The van der Waals surface area contributed by atoms with E-state index in [1.165, 1.54) is 0 Å². The van der Waals surface area contributed by atoms with Crippen molar-refractivity contribution in [1.82, 2.24) is 0 Å². The van der Waals surface area contributed by atoms with Crippen molar-refractivity contribution in [2.45, 2.75) is 19.5 Å². The fourth-order valence-electron chi connectivity index (χ4n) is 3.17. The van der Waals surface area contributed by atoms with Gasteiger partial charge in [-0.2, -0.15) is 0 Å². The van der Waals surface area contributed by atoms with E-state index in [-0.39, 0.29) is 11.9 Å². The lowest BCUT2D eigenvalue weighted by Gasteiger charge is -2.29. The molecule has 5 nitrogen and oxygen atoms in total. The second-order valence-corrected chi connectivity index (χ2v) is 7.45. The van der Waals surface area contributed by atoms with Crippen LogP contribution in [0.2, 0.25) is 5.02 Å². The Morgan fingerprint density at radius 3 is 2.59 bits per heavy atom. The zero-order valence-corrected chi connectivity index (χ0v) is 16.6. The van der Waals surface area contributed by atoms with Crippen molar-refractivity contribution in [3.8, 4) is 0 Å². The Bertz CT molecular complexity index is 760. The van der Waals surface area contributed by atoms with Gasteiger partial charge in [-0.1, -0.05) is 23.7 Å². The van der Waals surface area contributed by atoms with Crippen LogP contribution >= 0.6 is 11.6 Å². The number of ether oxygens (including phenoxy) is 1. The molecular formula is C21H27ClN3O2+. The lowest BCUT2D eigenvalue weighted by Crippen LogP contribution is -3.12. The molecule has 1 heterocycles. The molecule has 1 amide bonds. The molecule has 0 bridgehead atoms. The minimum atomic E-state index is -0.178. The first-order chi connectivity index (χ1) is 13.0. The van der Waals surface area contributed by atoms with Crippen LogP contribution in [0.25, 0.3) is 0 Å². The molecule has 1 saturated heterocycles. The minimum absolute atomic E-state index is 0.00801. The van der Waals surface area contributed by atoms with Gasteiger partial charge < -0.3 is 19.9 Å². The molecule has 0 radical (unpaired) electrons. The summed E-state index contributed by atoms with van der Waals surface area (Å²) in [5.74, 6) is 0.00801. The summed E-state index contributed by atoms with van der Waals surface area (Å²) in [7, 11) is 2.02. The van der Waals surface area contributed by atoms with Gasteiger partial charge in [0.2, 0.25) is 0 Å². The van der Waals surface area contributed by atoms with Crippen molar-refractivity contribution in [3.63, 3.8) is 0 Å². The molecule has 1 aliphatic rings. The van der Waals surface area contributed by atoms with Gasteiger partial charge >= 0.3 is 0 Å². The van der Waals surface area contributed by atoms with Gasteiger partial charge in [0.05, 0.1) is 20.3 Å². The zero-order valence-electron chi connectivity index (χ0n) is 15.9. The molecule has 2 aromatic rings. The molecule has 0 saturated carbocycles. The number of carbonyl (C=O) groups is 1. The Morgan fingerprint density at radius 1 is 1.22 bits per heavy atom. The number of anilines is 2. The molecule has 144 valence electrons. The van der Waals surface area contributed by atoms with Gasteiger partial charge in [-0.25, -0.2) is 0 Å². The van der Waals surface area contributed by atoms with E-state index in [1.807, 2.05) is 62.5 Å². The third-order valence-electron chi connectivity index (χ3n) is 5.02. The molecule has 2 N–H and O–H groups in total. The summed E-state index contributed by atoms with van der Waals surface area (Å²) in [5, 5.41) is 3.74. The molecule has 1 fully saturated rings. The lowest BCUT2D eigenvalue weighted by molar-refractivity contribution is -0.907. The normalized spacial score (nSPS) is 16.6. The second-order valence-electron chi connectivity index (χ2n) is 7.01. The van der Waals surface area contributed by atoms with Crippen LogP contribution in [0.5, 0.6) is 0 Å². The van der Waals surface area contributed by atoms with E-state index in [0.29, 0.717) is 0 Å². The van der Waals surface area contributed by atoms with Gasteiger partial charge in [-0.15, -0.1) is 0 Å². The van der Waals surface area contributed by atoms with Crippen LogP contribution in [-0.4, -0.2) is 45.3 Å². The van der Waals surface area contributed by atoms with Crippen LogP contribution in [-0.2, 0) is 16.1 Å². The second kappa shape index (κ2) is 9.22. The summed E-state index contributed by atoms with van der Waals surface area (Å²) in [6.45, 7) is 6.01. The third-order valence-corrected chi connectivity index (χ3v) is 5.25. The Hall–Kier alpha value is -2.08. The average molecular weight is 389 g/mol. The Labute approximate surface area is 165 Å². The van der Waals surface area contributed by atoms with Crippen molar-refractivity contribution in [1.29, 1.82) is 0 Å². The summed E-state index contributed by atoms with van der Waals surface area (Å²) in [4.78, 5) is 16.0. The number of morpholine rings is 1. The molecule has 3 rings (SSSR count).